The van der Waals surface area contributed by atoms with E-state index in [1.807, 2.05) is 13.8 Å². The van der Waals surface area contributed by atoms with Crippen LogP contribution in [0.4, 0.5) is 5.69 Å². The van der Waals surface area contributed by atoms with E-state index in [0.29, 0.717) is 6.42 Å². The zero-order valence-corrected chi connectivity index (χ0v) is 13.1. The number of halogens is 1. The predicted molar refractivity (Wildman–Crippen MR) is 79.5 cm³/mol. The quantitative estimate of drug-likeness (QED) is 0.725. The Labute approximate surface area is 127 Å². The molecule has 1 rings (SSSR count). The first kappa shape index (κ1) is 17.5. The van der Waals surface area contributed by atoms with Crippen LogP contribution in [-0.2, 0) is 16.1 Å². The second-order valence-electron chi connectivity index (χ2n) is 4.97. The fourth-order valence-corrected chi connectivity index (χ4v) is 2.04. The summed E-state index contributed by atoms with van der Waals surface area (Å²) in [6.45, 7) is 3.78. The maximum atomic E-state index is 11.9. The molecule has 0 saturated carbocycles. The lowest BCUT2D eigenvalue weighted by Gasteiger charge is -2.20. The third kappa shape index (κ3) is 4.71. The van der Waals surface area contributed by atoms with Crippen LogP contribution in [0.5, 0.6) is 0 Å². The molecular weight excluding hydrogens is 298 g/mol. The topological polar surface area (TPSA) is 93.4 Å². The second-order valence-corrected chi connectivity index (χ2v) is 5.35. The number of ether oxygens (including phenoxy) is 1. The highest BCUT2D eigenvalue weighted by molar-refractivity contribution is 6.33. The number of anilines is 1. The number of aliphatic hydroxyl groups is 1. The Morgan fingerprint density at radius 3 is 2.76 bits per heavy atom. The average Bonchev–Trinajstić information content (AvgIpc) is 2.44. The first-order valence-electron chi connectivity index (χ1n) is 6.61. The van der Waals surface area contributed by atoms with Crippen molar-refractivity contribution in [2.75, 3.05) is 19.0 Å². The van der Waals surface area contributed by atoms with Crippen LogP contribution in [0.3, 0.4) is 0 Å². The van der Waals surface area contributed by atoms with Gasteiger partial charge in [0.1, 0.15) is 11.1 Å². The molecule has 0 aliphatic rings. The van der Waals surface area contributed by atoms with Crippen molar-refractivity contribution < 1.29 is 14.6 Å². The Bertz CT molecular complexity index is 545. The second kappa shape index (κ2) is 7.99. The minimum atomic E-state index is -0.609. The summed E-state index contributed by atoms with van der Waals surface area (Å²) < 4.78 is 5.80. The number of methoxy groups -OCH3 is 1. The number of aromatic nitrogens is 2. The van der Waals surface area contributed by atoms with Crippen molar-refractivity contribution in [1.82, 2.24) is 9.78 Å². The van der Waals surface area contributed by atoms with Gasteiger partial charge in [-0.25, -0.2) is 9.48 Å². The number of nitrogens with one attached hydrogen (secondary N) is 1. The molecule has 1 aromatic heterocycles. The van der Waals surface area contributed by atoms with Crippen LogP contribution in [0.2, 0.25) is 5.02 Å². The van der Waals surface area contributed by atoms with Crippen LogP contribution in [0, 0.1) is 5.92 Å². The van der Waals surface area contributed by atoms with Crippen molar-refractivity contribution in [3.05, 3.63) is 21.6 Å². The molecule has 21 heavy (non-hydrogen) atoms. The third-order valence-corrected chi connectivity index (χ3v) is 3.18. The number of carbonyl (C=O) groups is 1. The van der Waals surface area contributed by atoms with Gasteiger partial charge in [-0.3, -0.25) is 4.79 Å². The molecule has 1 unspecified atom stereocenters. The molecule has 2 N–H and O–H groups in total. The number of hydrogen-bond donors (Lipinski definition) is 2. The van der Waals surface area contributed by atoms with Gasteiger partial charge >= 0.3 is 5.97 Å². The Kier molecular flexibility index (Phi) is 6.64. The van der Waals surface area contributed by atoms with E-state index < -0.39 is 17.6 Å². The zero-order valence-electron chi connectivity index (χ0n) is 12.3. The largest absolute Gasteiger partial charge is 0.467 e. The van der Waals surface area contributed by atoms with Crippen molar-refractivity contribution in [1.29, 1.82) is 0 Å². The monoisotopic (exact) mass is 317 g/mol. The molecule has 1 aromatic rings. The summed E-state index contributed by atoms with van der Waals surface area (Å²) in [5.41, 5.74) is -0.254. The van der Waals surface area contributed by atoms with E-state index in [0.717, 1.165) is 4.68 Å². The number of hydrogen-bond acceptors (Lipinski definition) is 6. The van der Waals surface area contributed by atoms with Gasteiger partial charge in [-0.05, 0) is 12.3 Å². The Hall–Kier alpha value is -1.60. The fraction of sp³-hybridized carbons (Fsp3) is 0.615. The number of aliphatic hydroxyl groups excluding tert-OH is 1. The first-order chi connectivity index (χ1) is 9.90. The van der Waals surface area contributed by atoms with E-state index >= 15 is 0 Å². The van der Waals surface area contributed by atoms with Crippen LogP contribution in [0.1, 0.15) is 20.3 Å². The number of nitrogens with zero attached hydrogens (tertiary/aromatic N) is 2. The van der Waals surface area contributed by atoms with Gasteiger partial charge in [-0.1, -0.05) is 25.4 Å². The van der Waals surface area contributed by atoms with E-state index in [1.165, 1.54) is 13.3 Å². The molecule has 7 nitrogen and oxygen atoms in total. The normalized spacial score (nSPS) is 12.3. The van der Waals surface area contributed by atoms with Crippen molar-refractivity contribution in [2.45, 2.75) is 32.9 Å². The van der Waals surface area contributed by atoms with Gasteiger partial charge in [0.25, 0.3) is 5.56 Å². The number of esters is 1. The molecule has 0 spiro atoms. The molecule has 0 saturated heterocycles. The Morgan fingerprint density at radius 1 is 1.57 bits per heavy atom. The molecule has 1 atom stereocenters. The van der Waals surface area contributed by atoms with E-state index in [4.69, 9.17) is 21.4 Å². The number of carbonyl (C=O) groups excluding carboxylic acids is 1. The van der Waals surface area contributed by atoms with E-state index in [1.54, 1.807) is 0 Å². The maximum absolute atomic E-state index is 11.9. The molecule has 0 amide bonds. The predicted octanol–water partition coefficient (Wildman–Crippen LogP) is 0.889. The van der Waals surface area contributed by atoms with Gasteiger partial charge < -0.3 is 15.2 Å². The summed E-state index contributed by atoms with van der Waals surface area (Å²) in [6, 6.07) is -0.609. The molecule has 0 aromatic carbocycles. The van der Waals surface area contributed by atoms with Gasteiger partial charge in [0.05, 0.1) is 32.1 Å². The zero-order chi connectivity index (χ0) is 16.0. The molecule has 8 heteroatoms. The third-order valence-electron chi connectivity index (χ3n) is 2.82. The Morgan fingerprint density at radius 2 is 2.24 bits per heavy atom. The van der Waals surface area contributed by atoms with E-state index in [2.05, 4.69) is 10.4 Å². The molecule has 0 fully saturated rings. The summed E-state index contributed by atoms with van der Waals surface area (Å²) >= 11 is 5.99. The SMILES string of the molecule is COC(=O)C(CC(C)C)Nc1cnn(CCO)c(=O)c1Cl. The fourth-order valence-electron chi connectivity index (χ4n) is 1.84. The summed E-state index contributed by atoms with van der Waals surface area (Å²) in [4.78, 5) is 23.7. The van der Waals surface area contributed by atoms with Crippen LogP contribution < -0.4 is 10.9 Å². The van der Waals surface area contributed by atoms with Gasteiger partial charge in [0.2, 0.25) is 0 Å². The van der Waals surface area contributed by atoms with Gasteiger partial charge in [0, 0.05) is 0 Å². The van der Waals surface area contributed by atoms with Crippen molar-refractivity contribution >= 4 is 23.3 Å². The summed E-state index contributed by atoms with van der Waals surface area (Å²) in [5, 5.41) is 15.5. The van der Waals surface area contributed by atoms with Gasteiger partial charge in [-0.15, -0.1) is 0 Å². The highest BCUT2D eigenvalue weighted by atomic mass is 35.5. The van der Waals surface area contributed by atoms with Gasteiger partial charge in [-0.2, -0.15) is 5.10 Å². The lowest BCUT2D eigenvalue weighted by molar-refractivity contribution is -0.141. The highest BCUT2D eigenvalue weighted by Crippen LogP contribution is 2.19. The van der Waals surface area contributed by atoms with Crippen molar-refractivity contribution in [3.63, 3.8) is 0 Å². The van der Waals surface area contributed by atoms with E-state index in [9.17, 15) is 9.59 Å². The summed E-state index contributed by atoms with van der Waals surface area (Å²) in [5.74, 6) is -0.178. The molecule has 0 bridgehead atoms. The van der Waals surface area contributed by atoms with Crippen LogP contribution in [0.25, 0.3) is 0 Å². The van der Waals surface area contributed by atoms with Crippen molar-refractivity contribution in [2.24, 2.45) is 5.92 Å². The van der Waals surface area contributed by atoms with Gasteiger partial charge in [0.15, 0.2) is 0 Å². The smallest absolute Gasteiger partial charge is 0.328 e. The maximum Gasteiger partial charge on any atom is 0.328 e. The molecule has 0 aliphatic heterocycles. The Balaban J connectivity index is 3.01. The standard InChI is InChI=1S/C13H20ClN3O4/c1-8(2)6-9(13(20)21-3)16-10-7-15-17(4-5-18)12(19)11(10)14/h7-9,16,18H,4-6H2,1-3H3. The number of rotatable bonds is 7. The lowest BCUT2D eigenvalue weighted by atomic mass is 10.0. The average molecular weight is 318 g/mol. The molecular formula is C13H20ClN3O4. The van der Waals surface area contributed by atoms with Crippen LogP contribution in [0.15, 0.2) is 11.0 Å². The highest BCUT2D eigenvalue weighted by Gasteiger charge is 2.22. The lowest BCUT2D eigenvalue weighted by Crippen LogP contribution is -2.34. The summed E-state index contributed by atoms with van der Waals surface area (Å²) in [7, 11) is 1.30. The van der Waals surface area contributed by atoms with E-state index in [-0.39, 0.29) is 29.8 Å². The molecule has 0 aliphatic carbocycles. The minimum Gasteiger partial charge on any atom is -0.467 e. The molecule has 0 radical (unpaired) electrons. The van der Waals surface area contributed by atoms with Crippen LogP contribution in [-0.4, -0.2) is 40.6 Å². The first-order valence-corrected chi connectivity index (χ1v) is 6.99. The molecule has 1 heterocycles. The summed E-state index contributed by atoms with van der Waals surface area (Å²) in [6.07, 6.45) is 1.89. The minimum absolute atomic E-state index is 0.0608. The molecule has 118 valence electrons. The van der Waals surface area contributed by atoms with Crippen molar-refractivity contribution in [3.8, 4) is 0 Å². The van der Waals surface area contributed by atoms with Crippen LogP contribution >= 0.6 is 11.6 Å².